The number of rotatable bonds is 4. The van der Waals surface area contributed by atoms with Crippen LogP contribution in [-0.2, 0) is 11.3 Å². The normalized spacial score (nSPS) is 15.8. The van der Waals surface area contributed by atoms with E-state index in [1.165, 1.54) is 11.1 Å². The zero-order valence-electron chi connectivity index (χ0n) is 12.0. The average Bonchev–Trinajstić information content (AvgIpc) is 2.56. The van der Waals surface area contributed by atoms with Crippen LogP contribution in [0.2, 0.25) is 0 Å². The minimum Gasteiger partial charge on any atom is -0.379 e. The fourth-order valence-electron chi connectivity index (χ4n) is 2.62. The van der Waals surface area contributed by atoms with Gasteiger partial charge < -0.3 is 4.74 Å². The van der Waals surface area contributed by atoms with E-state index in [1.807, 2.05) is 24.3 Å². The summed E-state index contributed by atoms with van der Waals surface area (Å²) in [7, 11) is 0. The van der Waals surface area contributed by atoms with Gasteiger partial charge in [0, 0.05) is 25.2 Å². The van der Waals surface area contributed by atoms with E-state index < -0.39 is 0 Å². The van der Waals surface area contributed by atoms with Crippen molar-refractivity contribution in [3.8, 4) is 11.1 Å². The summed E-state index contributed by atoms with van der Waals surface area (Å²) in [5.74, 6) is 0. The molecule has 0 unspecified atom stereocenters. The lowest BCUT2D eigenvalue weighted by molar-refractivity contribution is 0.0342. The highest BCUT2D eigenvalue weighted by atomic mass is 16.5. The molecule has 0 bridgehead atoms. The zero-order chi connectivity index (χ0) is 14.5. The summed E-state index contributed by atoms with van der Waals surface area (Å²) >= 11 is 0. The summed E-state index contributed by atoms with van der Waals surface area (Å²) < 4.78 is 5.38. The lowest BCUT2D eigenvalue weighted by atomic mass is 10.0. The van der Waals surface area contributed by atoms with E-state index in [9.17, 15) is 4.79 Å². The number of ether oxygens (including phenoxy) is 1. The molecule has 0 N–H and O–H groups in total. The molecule has 0 saturated carbocycles. The summed E-state index contributed by atoms with van der Waals surface area (Å²) in [6.45, 7) is 4.61. The van der Waals surface area contributed by atoms with Crippen LogP contribution in [0.4, 0.5) is 0 Å². The van der Waals surface area contributed by atoms with E-state index in [4.69, 9.17) is 4.74 Å². The number of hydrogen-bond donors (Lipinski definition) is 0. The molecular weight excluding hydrogens is 262 g/mol. The number of benzene rings is 2. The van der Waals surface area contributed by atoms with E-state index in [-0.39, 0.29) is 0 Å². The molecule has 1 aliphatic heterocycles. The molecule has 0 aromatic heterocycles. The zero-order valence-corrected chi connectivity index (χ0v) is 12.0. The van der Waals surface area contributed by atoms with Crippen molar-refractivity contribution >= 4 is 6.29 Å². The van der Waals surface area contributed by atoms with Crippen LogP contribution >= 0.6 is 0 Å². The minimum atomic E-state index is 0.711. The van der Waals surface area contributed by atoms with Crippen molar-refractivity contribution in [3.63, 3.8) is 0 Å². The maximum Gasteiger partial charge on any atom is 0.150 e. The van der Waals surface area contributed by atoms with Crippen LogP contribution in [0.1, 0.15) is 15.9 Å². The molecule has 1 heterocycles. The minimum absolute atomic E-state index is 0.711. The topological polar surface area (TPSA) is 29.5 Å². The third-order valence-electron chi connectivity index (χ3n) is 3.82. The van der Waals surface area contributed by atoms with E-state index in [0.717, 1.165) is 44.7 Å². The second-order valence-electron chi connectivity index (χ2n) is 5.33. The van der Waals surface area contributed by atoms with Gasteiger partial charge in [0.15, 0.2) is 0 Å². The van der Waals surface area contributed by atoms with Crippen molar-refractivity contribution in [1.29, 1.82) is 0 Å². The quantitative estimate of drug-likeness (QED) is 0.807. The van der Waals surface area contributed by atoms with Crippen LogP contribution in [0.3, 0.4) is 0 Å². The highest BCUT2D eigenvalue weighted by Gasteiger charge is 2.10. The Morgan fingerprint density at radius 1 is 1.00 bits per heavy atom. The molecule has 1 fully saturated rings. The summed E-state index contributed by atoms with van der Waals surface area (Å²) in [5, 5.41) is 0. The van der Waals surface area contributed by atoms with Crippen LogP contribution in [0.5, 0.6) is 0 Å². The largest absolute Gasteiger partial charge is 0.379 e. The number of nitrogens with zero attached hydrogens (tertiary/aromatic N) is 1. The first kappa shape index (κ1) is 14.0. The Labute approximate surface area is 125 Å². The predicted octanol–water partition coefficient (Wildman–Crippen LogP) is 3.00. The molecule has 1 saturated heterocycles. The van der Waals surface area contributed by atoms with Crippen LogP contribution in [-0.4, -0.2) is 37.5 Å². The molecule has 3 rings (SSSR count). The van der Waals surface area contributed by atoms with Crippen molar-refractivity contribution in [2.45, 2.75) is 6.54 Å². The van der Waals surface area contributed by atoms with Crippen molar-refractivity contribution in [3.05, 3.63) is 59.7 Å². The first-order chi connectivity index (χ1) is 10.3. The van der Waals surface area contributed by atoms with Crippen LogP contribution in [0.25, 0.3) is 11.1 Å². The molecule has 1 aliphatic rings. The second-order valence-corrected chi connectivity index (χ2v) is 5.33. The van der Waals surface area contributed by atoms with Crippen LogP contribution in [0, 0.1) is 0 Å². The van der Waals surface area contributed by atoms with Crippen LogP contribution < -0.4 is 0 Å². The van der Waals surface area contributed by atoms with Gasteiger partial charge in [-0.15, -0.1) is 0 Å². The summed E-state index contributed by atoms with van der Waals surface area (Å²) in [5.41, 5.74) is 4.36. The molecule has 0 atom stereocenters. The molecule has 0 amide bonds. The van der Waals surface area contributed by atoms with Crippen molar-refractivity contribution in [2.75, 3.05) is 26.3 Å². The highest BCUT2D eigenvalue weighted by Crippen LogP contribution is 2.21. The first-order valence-electron chi connectivity index (χ1n) is 7.30. The molecule has 0 spiro atoms. The average molecular weight is 281 g/mol. The van der Waals surface area contributed by atoms with E-state index in [0.29, 0.717) is 5.56 Å². The summed E-state index contributed by atoms with van der Waals surface area (Å²) in [6.07, 6.45) is 0.874. The van der Waals surface area contributed by atoms with Gasteiger partial charge in [-0.25, -0.2) is 0 Å². The van der Waals surface area contributed by atoms with Crippen molar-refractivity contribution in [1.82, 2.24) is 4.90 Å². The predicted molar refractivity (Wildman–Crippen MR) is 83.4 cm³/mol. The Morgan fingerprint density at radius 3 is 2.48 bits per heavy atom. The molecule has 3 heteroatoms. The van der Waals surface area contributed by atoms with Gasteiger partial charge >= 0.3 is 0 Å². The maximum atomic E-state index is 10.7. The molecule has 2 aromatic rings. The van der Waals surface area contributed by atoms with Gasteiger partial charge in [-0.3, -0.25) is 9.69 Å². The highest BCUT2D eigenvalue weighted by molar-refractivity contribution is 5.77. The second kappa shape index (κ2) is 6.66. The van der Waals surface area contributed by atoms with Gasteiger partial charge in [0.25, 0.3) is 0 Å². The van der Waals surface area contributed by atoms with E-state index in [1.54, 1.807) is 0 Å². The molecular formula is C18H19NO2. The van der Waals surface area contributed by atoms with Gasteiger partial charge in [-0.2, -0.15) is 0 Å². The fourth-order valence-corrected chi connectivity index (χ4v) is 2.62. The Morgan fingerprint density at radius 2 is 1.76 bits per heavy atom. The molecule has 0 aliphatic carbocycles. The van der Waals surface area contributed by atoms with Gasteiger partial charge in [0.2, 0.25) is 0 Å². The number of hydrogen-bond acceptors (Lipinski definition) is 3. The smallest absolute Gasteiger partial charge is 0.150 e. The maximum absolute atomic E-state index is 10.7. The molecule has 3 nitrogen and oxygen atoms in total. The third-order valence-corrected chi connectivity index (χ3v) is 3.82. The fraction of sp³-hybridized carbons (Fsp3) is 0.278. The van der Waals surface area contributed by atoms with Gasteiger partial charge in [-0.1, -0.05) is 42.5 Å². The Kier molecular flexibility index (Phi) is 4.43. The standard InChI is InChI=1S/C18H19NO2/c20-14-15-4-6-17(7-5-15)18-3-1-2-16(12-18)13-19-8-10-21-11-9-19/h1-7,12,14H,8-11,13H2. The van der Waals surface area contributed by atoms with E-state index in [2.05, 4.69) is 29.2 Å². The van der Waals surface area contributed by atoms with Gasteiger partial charge in [0.05, 0.1) is 13.2 Å². The summed E-state index contributed by atoms with van der Waals surface area (Å²) in [6, 6.07) is 16.3. The monoisotopic (exact) mass is 281 g/mol. The number of aldehydes is 1. The van der Waals surface area contributed by atoms with Crippen molar-refractivity contribution in [2.24, 2.45) is 0 Å². The molecule has 108 valence electrons. The SMILES string of the molecule is O=Cc1ccc(-c2cccc(CN3CCOCC3)c2)cc1. The Bertz CT molecular complexity index is 601. The molecule has 21 heavy (non-hydrogen) atoms. The number of morpholine rings is 1. The molecule has 2 aromatic carbocycles. The first-order valence-corrected chi connectivity index (χ1v) is 7.30. The van der Waals surface area contributed by atoms with Crippen LogP contribution in [0.15, 0.2) is 48.5 Å². The number of carbonyl (C=O) groups excluding carboxylic acids is 1. The third kappa shape index (κ3) is 3.57. The van der Waals surface area contributed by atoms with E-state index >= 15 is 0 Å². The lowest BCUT2D eigenvalue weighted by Crippen LogP contribution is -2.35. The summed E-state index contributed by atoms with van der Waals surface area (Å²) in [4.78, 5) is 13.1. The Balaban J connectivity index is 1.76. The Hall–Kier alpha value is -1.97. The van der Waals surface area contributed by atoms with Crippen molar-refractivity contribution < 1.29 is 9.53 Å². The van der Waals surface area contributed by atoms with Gasteiger partial charge in [-0.05, 0) is 22.8 Å². The molecule has 0 radical (unpaired) electrons. The number of carbonyl (C=O) groups is 1. The van der Waals surface area contributed by atoms with Gasteiger partial charge in [0.1, 0.15) is 6.29 Å². The lowest BCUT2D eigenvalue weighted by Gasteiger charge is -2.26.